The smallest absolute Gasteiger partial charge is 0.306 e. The summed E-state index contributed by atoms with van der Waals surface area (Å²) in [5, 5.41) is 72.6. The van der Waals surface area contributed by atoms with Crippen molar-refractivity contribution in [1.82, 2.24) is 0 Å². The lowest BCUT2D eigenvalue weighted by Crippen LogP contribution is -2.61. The van der Waals surface area contributed by atoms with Gasteiger partial charge in [-0.1, -0.05) is 247 Å². The van der Waals surface area contributed by atoms with Crippen molar-refractivity contribution in [2.45, 2.75) is 338 Å². The van der Waals surface area contributed by atoms with Crippen LogP contribution in [0.15, 0.2) is 72.9 Å². The zero-order chi connectivity index (χ0) is 61.5. The minimum absolute atomic E-state index is 0.0560. The average molecular weight is 1200 g/mol. The van der Waals surface area contributed by atoms with Gasteiger partial charge in [-0.3, -0.25) is 4.79 Å². The van der Waals surface area contributed by atoms with Crippen LogP contribution in [0.1, 0.15) is 271 Å². The third-order valence-corrected chi connectivity index (χ3v) is 16.2. The van der Waals surface area contributed by atoms with Gasteiger partial charge in [-0.15, -0.1) is 0 Å². The molecule has 494 valence electrons. The molecule has 7 N–H and O–H groups in total. The Hall–Kier alpha value is -2.57. The van der Waals surface area contributed by atoms with E-state index in [4.69, 9.17) is 28.4 Å². The molecule has 14 nitrogen and oxygen atoms in total. The lowest BCUT2D eigenvalue weighted by molar-refractivity contribution is -0.332. The number of aliphatic hydroxyl groups is 7. The summed E-state index contributed by atoms with van der Waals surface area (Å²) < 4.78 is 34.5. The van der Waals surface area contributed by atoms with E-state index in [1.54, 1.807) is 0 Å². The summed E-state index contributed by atoms with van der Waals surface area (Å²) in [5.41, 5.74) is 0. The molecular formula is C71H126O14. The van der Waals surface area contributed by atoms with Crippen molar-refractivity contribution in [3.8, 4) is 0 Å². The molecule has 2 aliphatic rings. The highest BCUT2D eigenvalue weighted by atomic mass is 16.7. The number of ether oxygens (including phenoxy) is 6. The fourth-order valence-electron chi connectivity index (χ4n) is 10.7. The highest BCUT2D eigenvalue weighted by Crippen LogP contribution is 2.27. The molecule has 0 aromatic heterocycles. The molecule has 0 aromatic rings. The van der Waals surface area contributed by atoms with Crippen molar-refractivity contribution < 1.29 is 69.0 Å². The summed E-state index contributed by atoms with van der Waals surface area (Å²) in [5.74, 6) is -0.380. The Morgan fingerprint density at radius 2 is 0.729 bits per heavy atom. The fraction of sp³-hybridized carbons (Fsp3) is 0.817. The Bertz CT molecular complexity index is 1680. The van der Waals surface area contributed by atoms with Gasteiger partial charge >= 0.3 is 5.97 Å². The molecule has 0 saturated carbocycles. The van der Waals surface area contributed by atoms with E-state index in [1.165, 1.54) is 173 Å². The van der Waals surface area contributed by atoms with Crippen molar-refractivity contribution in [2.75, 3.05) is 33.0 Å². The lowest BCUT2D eigenvalue weighted by Gasteiger charge is -2.42. The quantitative estimate of drug-likeness (QED) is 0.0171. The molecule has 11 unspecified atom stereocenters. The van der Waals surface area contributed by atoms with Crippen LogP contribution in [0, 0.1) is 0 Å². The number of rotatable bonds is 57. The summed E-state index contributed by atoms with van der Waals surface area (Å²) in [6, 6.07) is 0. The molecule has 2 rings (SSSR count). The van der Waals surface area contributed by atoms with Crippen molar-refractivity contribution in [2.24, 2.45) is 0 Å². The maximum atomic E-state index is 13.2. The standard InChI is InChI=1S/C71H126O14/c1-3-5-7-9-11-13-15-17-19-21-23-25-27-29-31-33-35-37-39-41-43-45-47-49-51-53-55-80-57-60(58-81-70-69(79)67(77)65(75)62(85-70)59-82-71-68(78)66(76)64(74)61(56-72)84-71)83-63(73)54-52-50-48-46-44-42-40-38-36-34-32-30-28-26-24-22-20-18-16-14-12-10-8-6-4-2/h15-18,21-24,27-30,60-62,64-72,74-79H,3-14,19-20,25-26,31-59H2,1-2H3/b17-15-,18-16-,23-21-,24-22-,29-27-,30-28-. The van der Waals surface area contributed by atoms with Gasteiger partial charge in [0.1, 0.15) is 54.9 Å². The largest absolute Gasteiger partial charge is 0.457 e. The summed E-state index contributed by atoms with van der Waals surface area (Å²) >= 11 is 0. The van der Waals surface area contributed by atoms with Gasteiger partial charge in [0.05, 0.1) is 26.4 Å². The van der Waals surface area contributed by atoms with Gasteiger partial charge in [-0.2, -0.15) is 0 Å². The van der Waals surface area contributed by atoms with Crippen LogP contribution in [0.2, 0.25) is 0 Å². The summed E-state index contributed by atoms with van der Waals surface area (Å²) in [6.45, 7) is 3.69. The van der Waals surface area contributed by atoms with E-state index in [-0.39, 0.29) is 25.6 Å². The van der Waals surface area contributed by atoms with Gasteiger partial charge in [0.15, 0.2) is 12.6 Å². The first-order valence-electron chi connectivity index (χ1n) is 34.5. The van der Waals surface area contributed by atoms with E-state index in [0.29, 0.717) is 13.0 Å². The predicted molar refractivity (Wildman–Crippen MR) is 344 cm³/mol. The van der Waals surface area contributed by atoms with Crippen LogP contribution in [0.3, 0.4) is 0 Å². The van der Waals surface area contributed by atoms with E-state index in [1.807, 2.05) is 0 Å². The first-order chi connectivity index (χ1) is 41.6. The Labute approximate surface area is 517 Å². The van der Waals surface area contributed by atoms with Gasteiger partial charge in [-0.25, -0.2) is 0 Å². The molecule has 0 aliphatic carbocycles. The lowest BCUT2D eigenvalue weighted by atomic mass is 9.98. The zero-order valence-corrected chi connectivity index (χ0v) is 53.6. The molecule has 2 fully saturated rings. The van der Waals surface area contributed by atoms with E-state index in [9.17, 15) is 40.5 Å². The van der Waals surface area contributed by atoms with Crippen molar-refractivity contribution in [3.63, 3.8) is 0 Å². The minimum Gasteiger partial charge on any atom is -0.457 e. The predicted octanol–water partition coefficient (Wildman–Crippen LogP) is 14.5. The molecule has 0 spiro atoms. The molecule has 2 heterocycles. The maximum Gasteiger partial charge on any atom is 0.306 e. The van der Waals surface area contributed by atoms with Crippen molar-refractivity contribution in [1.29, 1.82) is 0 Å². The van der Waals surface area contributed by atoms with Gasteiger partial charge in [0.25, 0.3) is 0 Å². The van der Waals surface area contributed by atoms with Crippen LogP contribution in [0.5, 0.6) is 0 Å². The second kappa shape index (κ2) is 56.6. The van der Waals surface area contributed by atoms with Crippen molar-refractivity contribution >= 4 is 5.97 Å². The Morgan fingerprint density at radius 3 is 1.14 bits per heavy atom. The van der Waals surface area contributed by atoms with E-state index in [2.05, 4.69) is 86.8 Å². The third kappa shape index (κ3) is 42.1. The topological polar surface area (TPSA) is 214 Å². The van der Waals surface area contributed by atoms with Crippen LogP contribution in [0.4, 0.5) is 0 Å². The Morgan fingerprint density at radius 1 is 0.388 bits per heavy atom. The molecule has 85 heavy (non-hydrogen) atoms. The number of unbranched alkanes of at least 4 members (excludes halogenated alkanes) is 31. The van der Waals surface area contributed by atoms with Crippen LogP contribution < -0.4 is 0 Å². The van der Waals surface area contributed by atoms with Gasteiger partial charge in [0, 0.05) is 13.0 Å². The highest BCUT2D eigenvalue weighted by molar-refractivity contribution is 5.69. The summed E-state index contributed by atoms with van der Waals surface area (Å²) in [6.07, 6.45) is 58.2. The molecule has 0 amide bonds. The summed E-state index contributed by atoms with van der Waals surface area (Å²) in [7, 11) is 0. The second-order valence-electron chi connectivity index (χ2n) is 24.0. The molecule has 2 saturated heterocycles. The van der Waals surface area contributed by atoms with Crippen LogP contribution in [-0.2, 0) is 33.2 Å². The molecule has 0 bridgehead atoms. The second-order valence-corrected chi connectivity index (χ2v) is 24.0. The van der Waals surface area contributed by atoms with E-state index in [0.717, 1.165) is 70.6 Å². The Balaban J connectivity index is 1.65. The normalized spacial score (nSPS) is 23.6. The Kier molecular flexibility index (Phi) is 52.3. The minimum atomic E-state index is -1.71. The molecule has 0 aromatic carbocycles. The van der Waals surface area contributed by atoms with E-state index < -0.39 is 80.7 Å². The van der Waals surface area contributed by atoms with Gasteiger partial charge in [0.2, 0.25) is 0 Å². The summed E-state index contributed by atoms with van der Waals surface area (Å²) in [4.78, 5) is 13.2. The van der Waals surface area contributed by atoms with E-state index >= 15 is 0 Å². The monoisotopic (exact) mass is 1200 g/mol. The highest BCUT2D eigenvalue weighted by Gasteiger charge is 2.47. The molecule has 0 radical (unpaired) electrons. The molecular weight excluding hydrogens is 1080 g/mol. The number of hydrogen-bond acceptors (Lipinski definition) is 14. The SMILES string of the molecule is CCCCCCC/C=C\C/C=C\C/C=C\CCCCCCCCCCCCCOCC(COC1OC(COC2OC(CO)C(O)C(O)C2O)C(O)C(O)C1O)OC(=O)CCCCCCCCCCCC/C=C\C/C=C\C/C=C\CCCCCCC. The molecule has 2 aliphatic heterocycles. The molecule has 11 atom stereocenters. The average Bonchev–Trinajstić information content (AvgIpc) is 2.82. The first-order valence-corrected chi connectivity index (χ1v) is 34.5. The van der Waals surface area contributed by atoms with Gasteiger partial charge in [-0.05, 0) is 89.9 Å². The number of hydrogen-bond donors (Lipinski definition) is 7. The third-order valence-electron chi connectivity index (χ3n) is 16.2. The van der Waals surface area contributed by atoms with Crippen molar-refractivity contribution in [3.05, 3.63) is 72.9 Å². The number of carbonyl (C=O) groups is 1. The number of carbonyl (C=O) groups excluding carboxylic acids is 1. The van der Waals surface area contributed by atoms with Crippen LogP contribution in [0.25, 0.3) is 0 Å². The number of allylic oxidation sites excluding steroid dienone is 12. The van der Waals surface area contributed by atoms with Gasteiger partial charge < -0.3 is 64.2 Å². The molecule has 14 heteroatoms. The fourth-order valence-corrected chi connectivity index (χ4v) is 10.7. The number of aliphatic hydroxyl groups excluding tert-OH is 7. The maximum absolute atomic E-state index is 13.2. The van der Waals surface area contributed by atoms with Crippen LogP contribution in [-0.4, -0.2) is 142 Å². The first kappa shape index (κ1) is 78.5. The zero-order valence-electron chi connectivity index (χ0n) is 53.6. The number of esters is 1. The van der Waals surface area contributed by atoms with Crippen LogP contribution >= 0.6 is 0 Å².